The molecule has 1 aliphatic heterocycles. The van der Waals surface area contributed by atoms with Crippen LogP contribution in [0.2, 0.25) is 0 Å². The Morgan fingerprint density at radius 3 is 2.86 bits per heavy atom. The number of amides is 2. The maximum Gasteiger partial charge on any atom is 0.234 e. The molecule has 1 aliphatic rings. The summed E-state index contributed by atoms with van der Waals surface area (Å²) < 4.78 is 5.13. The summed E-state index contributed by atoms with van der Waals surface area (Å²) in [6, 6.07) is 3.68. The van der Waals surface area contributed by atoms with Gasteiger partial charge < -0.3 is 20.5 Å². The fourth-order valence-electron chi connectivity index (χ4n) is 3.22. The first kappa shape index (κ1) is 20.2. The average Bonchev–Trinajstić information content (AvgIpc) is 3.00. The van der Waals surface area contributed by atoms with Gasteiger partial charge in [0.05, 0.1) is 29.2 Å². The van der Waals surface area contributed by atoms with Gasteiger partial charge in [-0.05, 0) is 38.8 Å². The van der Waals surface area contributed by atoms with Gasteiger partial charge in [0, 0.05) is 24.4 Å². The second-order valence-corrected chi connectivity index (χ2v) is 7.92. The summed E-state index contributed by atoms with van der Waals surface area (Å²) in [5, 5.41) is 6.77. The quantitative estimate of drug-likeness (QED) is 0.729. The summed E-state index contributed by atoms with van der Waals surface area (Å²) in [6.45, 7) is 5.21. The number of primary amides is 1. The fraction of sp³-hybridized carbons (Fsp3) is 0.474. The Balaban J connectivity index is 1.48. The molecule has 2 aromatic heterocycles. The van der Waals surface area contributed by atoms with Crippen molar-refractivity contribution in [2.45, 2.75) is 32.4 Å². The normalized spacial score (nSPS) is 16.8. The van der Waals surface area contributed by atoms with Crippen molar-refractivity contribution < 1.29 is 14.1 Å². The molecular weight excluding hydrogens is 378 g/mol. The molecule has 3 N–H and O–H groups in total. The van der Waals surface area contributed by atoms with Crippen LogP contribution in [0.3, 0.4) is 0 Å². The van der Waals surface area contributed by atoms with Crippen molar-refractivity contribution in [3.8, 4) is 0 Å². The van der Waals surface area contributed by atoms with Crippen LogP contribution >= 0.6 is 11.8 Å². The molecule has 1 atom stereocenters. The smallest absolute Gasteiger partial charge is 0.234 e. The predicted octanol–water partition coefficient (Wildman–Crippen LogP) is 2.26. The molecular formula is C19H25N5O3S. The number of aromatic nitrogens is 2. The van der Waals surface area contributed by atoms with E-state index in [0.29, 0.717) is 23.7 Å². The van der Waals surface area contributed by atoms with Crippen LogP contribution in [0.1, 0.15) is 29.9 Å². The van der Waals surface area contributed by atoms with Gasteiger partial charge in [-0.2, -0.15) is 0 Å². The minimum Gasteiger partial charge on any atom is -0.369 e. The molecule has 1 fully saturated rings. The van der Waals surface area contributed by atoms with Crippen molar-refractivity contribution in [3.63, 3.8) is 0 Å². The van der Waals surface area contributed by atoms with Crippen molar-refractivity contribution in [3.05, 3.63) is 35.3 Å². The first-order valence-electron chi connectivity index (χ1n) is 9.23. The highest BCUT2D eigenvalue weighted by molar-refractivity contribution is 7.99. The highest BCUT2D eigenvalue weighted by Gasteiger charge is 2.24. The fourth-order valence-corrected chi connectivity index (χ4v) is 4.19. The van der Waals surface area contributed by atoms with Crippen LogP contribution in [0.15, 0.2) is 22.9 Å². The molecule has 0 aliphatic carbocycles. The maximum atomic E-state index is 12.2. The predicted molar refractivity (Wildman–Crippen MR) is 109 cm³/mol. The Morgan fingerprint density at radius 2 is 2.21 bits per heavy atom. The molecule has 0 aromatic carbocycles. The Hall–Kier alpha value is -2.55. The maximum absolute atomic E-state index is 12.2. The molecule has 0 radical (unpaired) electrons. The van der Waals surface area contributed by atoms with E-state index in [4.69, 9.17) is 10.3 Å². The number of rotatable bonds is 7. The Morgan fingerprint density at radius 1 is 1.39 bits per heavy atom. The first-order valence-corrected chi connectivity index (χ1v) is 10.4. The van der Waals surface area contributed by atoms with Crippen LogP contribution in [0.25, 0.3) is 0 Å². The Kier molecular flexibility index (Phi) is 6.56. The van der Waals surface area contributed by atoms with Crippen molar-refractivity contribution >= 4 is 35.1 Å². The number of hydrogen-bond acceptors (Lipinski definition) is 7. The number of nitrogens with two attached hydrogens (primary N) is 1. The number of nitrogens with one attached hydrogen (secondary N) is 1. The lowest BCUT2D eigenvalue weighted by molar-refractivity contribution is -0.122. The first-order chi connectivity index (χ1) is 13.4. The highest BCUT2D eigenvalue weighted by Crippen LogP contribution is 2.23. The lowest BCUT2D eigenvalue weighted by atomic mass is 9.97. The number of nitrogens with zero attached hydrogens (tertiary/aromatic N) is 3. The average molecular weight is 404 g/mol. The van der Waals surface area contributed by atoms with E-state index in [2.05, 4.69) is 20.4 Å². The van der Waals surface area contributed by atoms with Crippen LogP contribution in [0.5, 0.6) is 0 Å². The second-order valence-electron chi connectivity index (χ2n) is 6.94. The van der Waals surface area contributed by atoms with Crippen molar-refractivity contribution in [2.75, 3.05) is 29.1 Å². The number of carbonyl (C=O) groups is 2. The number of carbonyl (C=O) groups excluding carboxylic acids is 2. The minimum atomic E-state index is -0.261. The molecule has 28 heavy (non-hydrogen) atoms. The van der Waals surface area contributed by atoms with E-state index in [-0.39, 0.29) is 17.7 Å². The molecule has 1 saturated heterocycles. The summed E-state index contributed by atoms with van der Waals surface area (Å²) in [7, 11) is 0. The monoisotopic (exact) mass is 403 g/mol. The van der Waals surface area contributed by atoms with Crippen LogP contribution in [-0.2, 0) is 15.3 Å². The summed E-state index contributed by atoms with van der Waals surface area (Å²) in [5.41, 5.74) is 7.98. The molecule has 3 heterocycles. The van der Waals surface area contributed by atoms with Gasteiger partial charge in [0.2, 0.25) is 11.8 Å². The SMILES string of the molecule is Cc1noc(C)c1CSCC(=O)Nc1ccc(N2CCCC(C(N)=O)C2)nc1. The van der Waals surface area contributed by atoms with E-state index in [1.807, 2.05) is 26.0 Å². The zero-order valence-corrected chi connectivity index (χ0v) is 16.9. The Bertz CT molecular complexity index is 817. The minimum absolute atomic E-state index is 0.0851. The molecule has 2 aromatic rings. The third kappa shape index (κ3) is 5.03. The lowest BCUT2D eigenvalue weighted by Gasteiger charge is -2.32. The van der Waals surface area contributed by atoms with Crippen molar-refractivity contribution in [2.24, 2.45) is 11.7 Å². The zero-order chi connectivity index (χ0) is 20.1. The highest BCUT2D eigenvalue weighted by atomic mass is 32.2. The van der Waals surface area contributed by atoms with Gasteiger partial charge in [-0.25, -0.2) is 4.98 Å². The number of thioether (sulfide) groups is 1. The van der Waals surface area contributed by atoms with E-state index in [9.17, 15) is 9.59 Å². The van der Waals surface area contributed by atoms with Gasteiger partial charge in [0.25, 0.3) is 0 Å². The zero-order valence-electron chi connectivity index (χ0n) is 16.1. The number of piperidine rings is 1. The van der Waals surface area contributed by atoms with Gasteiger partial charge in [0.15, 0.2) is 0 Å². The number of anilines is 2. The number of hydrogen-bond donors (Lipinski definition) is 2. The van der Waals surface area contributed by atoms with Gasteiger partial charge in [-0.15, -0.1) is 11.8 Å². The van der Waals surface area contributed by atoms with E-state index in [0.717, 1.165) is 42.2 Å². The standard InChI is InChI=1S/C19H25N5O3S/c1-12-16(13(2)27-23-12)10-28-11-18(25)22-15-5-6-17(21-8-15)24-7-3-4-14(9-24)19(20)26/h5-6,8,14H,3-4,7,9-11H2,1-2H3,(H2,20,26)(H,22,25). The van der Waals surface area contributed by atoms with Crippen LogP contribution < -0.4 is 16.0 Å². The van der Waals surface area contributed by atoms with E-state index < -0.39 is 0 Å². The van der Waals surface area contributed by atoms with Gasteiger partial charge in [0.1, 0.15) is 11.6 Å². The third-order valence-electron chi connectivity index (χ3n) is 4.84. The van der Waals surface area contributed by atoms with Crippen LogP contribution in [0.4, 0.5) is 11.5 Å². The third-order valence-corrected chi connectivity index (χ3v) is 5.80. The molecule has 150 valence electrons. The van der Waals surface area contributed by atoms with Gasteiger partial charge in [-0.1, -0.05) is 5.16 Å². The Labute approximate surface area is 168 Å². The topological polar surface area (TPSA) is 114 Å². The van der Waals surface area contributed by atoms with Crippen LogP contribution in [-0.4, -0.2) is 40.8 Å². The number of aryl methyl sites for hydroxylation is 2. The summed E-state index contributed by atoms with van der Waals surface area (Å²) in [6.07, 6.45) is 3.38. The molecule has 2 amide bonds. The largest absolute Gasteiger partial charge is 0.369 e. The summed E-state index contributed by atoms with van der Waals surface area (Å²) in [4.78, 5) is 30.1. The molecule has 0 spiro atoms. The lowest BCUT2D eigenvalue weighted by Crippen LogP contribution is -2.41. The van der Waals surface area contributed by atoms with E-state index in [1.54, 1.807) is 6.20 Å². The molecule has 0 saturated carbocycles. The van der Waals surface area contributed by atoms with E-state index in [1.165, 1.54) is 11.8 Å². The van der Waals surface area contributed by atoms with Crippen molar-refractivity contribution in [1.29, 1.82) is 0 Å². The molecule has 9 heteroatoms. The molecule has 0 bridgehead atoms. The number of pyridine rings is 1. The summed E-state index contributed by atoms with van der Waals surface area (Å²) >= 11 is 1.51. The van der Waals surface area contributed by atoms with Gasteiger partial charge in [-0.3, -0.25) is 9.59 Å². The molecule has 1 unspecified atom stereocenters. The van der Waals surface area contributed by atoms with Crippen LogP contribution in [0, 0.1) is 19.8 Å². The second kappa shape index (κ2) is 9.09. The van der Waals surface area contributed by atoms with Crippen molar-refractivity contribution in [1.82, 2.24) is 10.1 Å². The molecule has 8 nitrogen and oxygen atoms in total. The van der Waals surface area contributed by atoms with E-state index >= 15 is 0 Å². The molecule has 3 rings (SSSR count). The summed E-state index contributed by atoms with van der Waals surface area (Å²) in [5.74, 6) is 2.11. The van der Waals surface area contributed by atoms with Gasteiger partial charge >= 0.3 is 0 Å².